The highest BCUT2D eigenvalue weighted by Gasteiger charge is 2.38. The van der Waals surface area contributed by atoms with Gasteiger partial charge in [-0.15, -0.1) is 10.2 Å². The molecule has 29 heavy (non-hydrogen) atoms. The van der Waals surface area contributed by atoms with Gasteiger partial charge in [-0.25, -0.2) is 9.78 Å². The van der Waals surface area contributed by atoms with Crippen molar-refractivity contribution < 1.29 is 36.2 Å². The molecule has 0 aliphatic carbocycles. The number of nitrogens with one attached hydrogen (secondary N) is 1. The van der Waals surface area contributed by atoms with E-state index in [1.54, 1.807) is 16.8 Å². The van der Waals surface area contributed by atoms with E-state index in [0.29, 0.717) is 22.7 Å². The molecule has 0 bridgehead atoms. The minimum Gasteiger partial charge on any atom is -0.475 e. The van der Waals surface area contributed by atoms with Gasteiger partial charge in [-0.1, -0.05) is 12.1 Å². The van der Waals surface area contributed by atoms with Gasteiger partial charge in [-0.2, -0.15) is 26.3 Å². The van der Waals surface area contributed by atoms with Crippen LogP contribution >= 0.6 is 0 Å². The minimum atomic E-state index is -5.08. The van der Waals surface area contributed by atoms with E-state index in [9.17, 15) is 26.3 Å². The van der Waals surface area contributed by atoms with Crippen molar-refractivity contribution >= 4 is 22.8 Å². The van der Waals surface area contributed by atoms with Gasteiger partial charge >= 0.3 is 18.3 Å². The zero-order chi connectivity index (χ0) is 21.4. The maximum atomic E-state index is 12.6. The van der Waals surface area contributed by atoms with Gasteiger partial charge in [0.25, 0.3) is 0 Å². The summed E-state index contributed by atoms with van der Waals surface area (Å²) in [6, 6.07) is 6.65. The zero-order valence-electron chi connectivity index (χ0n) is 14.0. The van der Waals surface area contributed by atoms with Crippen molar-refractivity contribution in [1.29, 1.82) is 0 Å². The fourth-order valence-electron chi connectivity index (χ4n) is 2.37. The Balaban J connectivity index is 0.000000298. The third-order valence-corrected chi connectivity index (χ3v) is 3.65. The van der Waals surface area contributed by atoms with Crippen molar-refractivity contribution in [3.05, 3.63) is 48.3 Å². The van der Waals surface area contributed by atoms with Crippen LogP contribution in [0.25, 0.3) is 28.2 Å². The number of carboxylic acids is 1. The molecule has 13 heteroatoms. The molecule has 3 heterocycles. The zero-order valence-corrected chi connectivity index (χ0v) is 14.0. The van der Waals surface area contributed by atoms with Gasteiger partial charge in [0.2, 0.25) is 0 Å². The number of halogens is 6. The summed E-state index contributed by atoms with van der Waals surface area (Å²) < 4.78 is 71.4. The number of aliphatic carboxylic acids is 1. The fourth-order valence-corrected chi connectivity index (χ4v) is 2.37. The second-order valence-corrected chi connectivity index (χ2v) is 5.56. The maximum absolute atomic E-state index is 12.6. The van der Waals surface area contributed by atoms with Crippen LogP contribution in [0.3, 0.4) is 0 Å². The Labute approximate surface area is 156 Å². The lowest BCUT2D eigenvalue weighted by Crippen LogP contribution is -2.21. The van der Waals surface area contributed by atoms with Gasteiger partial charge in [-0.05, 0) is 18.2 Å². The molecule has 3 aromatic heterocycles. The van der Waals surface area contributed by atoms with Gasteiger partial charge in [0.15, 0.2) is 17.1 Å². The van der Waals surface area contributed by atoms with E-state index < -0.39 is 23.9 Å². The Bertz CT molecular complexity index is 1160. The molecule has 0 amide bonds. The molecule has 0 saturated heterocycles. The smallest absolute Gasteiger partial charge is 0.475 e. The van der Waals surface area contributed by atoms with Crippen molar-refractivity contribution in [1.82, 2.24) is 24.6 Å². The number of alkyl halides is 6. The normalized spacial score (nSPS) is 12.1. The summed E-state index contributed by atoms with van der Waals surface area (Å²) in [5.74, 6) is -2.29. The molecule has 0 atom stereocenters. The second-order valence-electron chi connectivity index (χ2n) is 5.56. The van der Waals surface area contributed by atoms with E-state index in [0.717, 1.165) is 17.6 Å². The summed E-state index contributed by atoms with van der Waals surface area (Å²) in [4.78, 5) is 16.1. The number of fused-ring (bicyclic) bond motifs is 3. The third kappa shape index (κ3) is 4.12. The van der Waals surface area contributed by atoms with Crippen LogP contribution in [0.2, 0.25) is 0 Å². The standard InChI is InChI=1S/C14H8F3N5.C2HF3O2/c15-14(16,17)9-3-1-8(2-4-9)13-21-20-11-7-19-12-10(22(11)13)5-6-18-12;3-2(4,5)1(6)7/h1-7,18H;(H,6,7). The minimum absolute atomic E-state index is 0.468. The number of H-pyrrole nitrogens is 1. The van der Waals surface area contributed by atoms with Crippen LogP contribution in [0, 0.1) is 0 Å². The highest BCUT2D eigenvalue weighted by atomic mass is 19.4. The molecule has 152 valence electrons. The number of benzene rings is 1. The number of nitrogens with zero attached hydrogens (tertiary/aromatic N) is 4. The molecule has 0 aliphatic heterocycles. The lowest BCUT2D eigenvalue weighted by molar-refractivity contribution is -0.192. The summed E-state index contributed by atoms with van der Waals surface area (Å²) in [5.41, 5.74) is 1.80. The molecule has 7 nitrogen and oxygen atoms in total. The molecule has 1 aromatic carbocycles. The predicted molar refractivity (Wildman–Crippen MR) is 86.8 cm³/mol. The number of aromatic nitrogens is 5. The molecule has 0 aliphatic rings. The van der Waals surface area contributed by atoms with Crippen molar-refractivity contribution in [2.45, 2.75) is 12.4 Å². The first kappa shape index (κ1) is 20.1. The van der Waals surface area contributed by atoms with Crippen molar-refractivity contribution in [2.75, 3.05) is 0 Å². The van der Waals surface area contributed by atoms with Crippen LogP contribution in [-0.2, 0) is 11.0 Å². The Hall–Kier alpha value is -3.64. The fraction of sp³-hybridized carbons (Fsp3) is 0.125. The van der Waals surface area contributed by atoms with Crippen LogP contribution in [0.1, 0.15) is 5.56 Å². The van der Waals surface area contributed by atoms with Gasteiger partial charge in [-0.3, -0.25) is 4.40 Å². The highest BCUT2D eigenvalue weighted by Crippen LogP contribution is 2.31. The van der Waals surface area contributed by atoms with E-state index in [1.807, 2.05) is 6.07 Å². The van der Waals surface area contributed by atoms with Crippen molar-refractivity contribution in [3.8, 4) is 11.4 Å². The number of carbonyl (C=O) groups is 1. The average Bonchev–Trinajstić information content (AvgIpc) is 3.27. The van der Waals surface area contributed by atoms with Gasteiger partial charge in [0.05, 0.1) is 17.3 Å². The summed E-state index contributed by atoms with van der Waals surface area (Å²) in [6.07, 6.45) is -6.16. The summed E-state index contributed by atoms with van der Waals surface area (Å²) >= 11 is 0. The maximum Gasteiger partial charge on any atom is 0.490 e. The molecular formula is C16H9F6N5O2. The number of hydrogen-bond donors (Lipinski definition) is 2. The Morgan fingerprint density at radius 2 is 1.62 bits per heavy atom. The molecule has 0 fully saturated rings. The first-order valence-corrected chi connectivity index (χ1v) is 7.63. The topological polar surface area (TPSA) is 96.2 Å². The largest absolute Gasteiger partial charge is 0.490 e. The van der Waals surface area contributed by atoms with E-state index in [-0.39, 0.29) is 0 Å². The average molecular weight is 417 g/mol. The number of rotatable bonds is 1. The van der Waals surface area contributed by atoms with Crippen LogP contribution in [0.5, 0.6) is 0 Å². The first-order valence-electron chi connectivity index (χ1n) is 7.63. The van der Waals surface area contributed by atoms with Crippen molar-refractivity contribution in [3.63, 3.8) is 0 Å². The molecule has 0 saturated carbocycles. The molecule has 0 unspecified atom stereocenters. The molecule has 0 spiro atoms. The van der Waals surface area contributed by atoms with Crippen LogP contribution in [0.4, 0.5) is 26.3 Å². The third-order valence-electron chi connectivity index (χ3n) is 3.65. The second kappa shape index (κ2) is 7.07. The van der Waals surface area contributed by atoms with Gasteiger partial charge in [0, 0.05) is 11.8 Å². The molecule has 0 radical (unpaired) electrons. The van der Waals surface area contributed by atoms with Gasteiger partial charge in [0.1, 0.15) is 0 Å². The van der Waals surface area contributed by atoms with Crippen LogP contribution < -0.4 is 0 Å². The quantitative estimate of drug-likeness (QED) is 0.458. The van der Waals surface area contributed by atoms with E-state index in [2.05, 4.69) is 20.2 Å². The molecule has 2 N–H and O–H groups in total. The number of hydrogen-bond acceptors (Lipinski definition) is 4. The van der Waals surface area contributed by atoms with Crippen molar-refractivity contribution in [2.24, 2.45) is 0 Å². The summed E-state index contributed by atoms with van der Waals surface area (Å²) in [6.45, 7) is 0. The Kier molecular flexibility index (Phi) is 4.90. The SMILES string of the molecule is FC(F)(F)c1ccc(-c2nnc3cnc4[nH]ccc4n23)cc1.O=C(O)C(F)(F)F. The highest BCUT2D eigenvalue weighted by molar-refractivity contribution is 5.77. The van der Waals surface area contributed by atoms with Gasteiger partial charge < -0.3 is 10.1 Å². The monoisotopic (exact) mass is 417 g/mol. The molecule has 4 rings (SSSR count). The predicted octanol–water partition coefficient (Wildman–Crippen LogP) is 3.92. The molecule has 4 aromatic rings. The van der Waals surface area contributed by atoms with E-state index >= 15 is 0 Å². The number of aromatic amines is 1. The first-order chi connectivity index (χ1) is 13.5. The summed E-state index contributed by atoms with van der Waals surface area (Å²) in [7, 11) is 0. The summed E-state index contributed by atoms with van der Waals surface area (Å²) in [5, 5.41) is 15.2. The lowest BCUT2D eigenvalue weighted by atomic mass is 10.1. The number of carboxylic acid groups (broad SMARTS) is 1. The Morgan fingerprint density at radius 3 is 2.17 bits per heavy atom. The van der Waals surface area contributed by atoms with Crippen LogP contribution in [0.15, 0.2) is 42.7 Å². The van der Waals surface area contributed by atoms with E-state index in [1.165, 1.54) is 12.1 Å². The Morgan fingerprint density at radius 1 is 1.00 bits per heavy atom. The molecular weight excluding hydrogens is 408 g/mol. The van der Waals surface area contributed by atoms with E-state index in [4.69, 9.17) is 9.90 Å². The lowest BCUT2D eigenvalue weighted by Gasteiger charge is -2.07. The van der Waals surface area contributed by atoms with Crippen LogP contribution in [-0.4, -0.2) is 41.8 Å².